The van der Waals surface area contributed by atoms with Crippen LogP contribution in [0, 0.1) is 0 Å². The molecule has 0 aromatic rings. The molecule has 0 saturated heterocycles. The lowest BCUT2D eigenvalue weighted by Gasteiger charge is -2.03. The second-order valence-electron chi connectivity index (χ2n) is 2.84. The Hall–Kier alpha value is -0.170. The van der Waals surface area contributed by atoms with Gasteiger partial charge in [-0.3, -0.25) is 4.18 Å². The maximum atomic E-state index is 10.5. The van der Waals surface area contributed by atoms with E-state index in [1.54, 1.807) is 7.11 Å². The van der Waals surface area contributed by atoms with Crippen LogP contribution in [0.4, 0.5) is 0 Å². The fourth-order valence-corrected chi connectivity index (χ4v) is 1.18. The van der Waals surface area contributed by atoms with E-state index in [1.165, 1.54) is 0 Å². The van der Waals surface area contributed by atoms with Gasteiger partial charge in [-0.25, -0.2) is 0 Å². The lowest BCUT2D eigenvalue weighted by molar-refractivity contribution is 0.0675. The largest absolute Gasteiger partial charge is 0.382 e. The van der Waals surface area contributed by atoms with Crippen molar-refractivity contribution in [2.75, 3.05) is 39.8 Å². The third kappa shape index (κ3) is 11.8. The van der Waals surface area contributed by atoms with Crippen molar-refractivity contribution in [3.63, 3.8) is 0 Å². The average molecular weight is 226 g/mol. The highest BCUT2D eigenvalue weighted by atomic mass is 32.2. The topological polar surface area (TPSA) is 61.8 Å². The molecule has 0 aliphatic heterocycles. The summed E-state index contributed by atoms with van der Waals surface area (Å²) in [6, 6.07) is 0. The summed E-state index contributed by atoms with van der Waals surface area (Å²) in [5.41, 5.74) is 0. The van der Waals surface area contributed by atoms with Crippen LogP contribution in [0.5, 0.6) is 0 Å². The molecule has 0 aromatic carbocycles. The molecule has 5 nitrogen and oxygen atoms in total. The molecule has 0 bridgehead atoms. The molecule has 0 aliphatic carbocycles. The number of methoxy groups -OCH3 is 1. The van der Waals surface area contributed by atoms with E-state index in [2.05, 4.69) is 4.18 Å². The first-order chi connectivity index (χ1) is 6.56. The molecule has 0 unspecified atom stereocenters. The molecule has 0 atom stereocenters. The van der Waals surface area contributed by atoms with Crippen molar-refractivity contribution in [2.24, 2.45) is 0 Å². The third-order valence-electron chi connectivity index (χ3n) is 1.41. The van der Waals surface area contributed by atoms with E-state index in [4.69, 9.17) is 9.47 Å². The van der Waals surface area contributed by atoms with Crippen molar-refractivity contribution >= 4 is 10.1 Å². The number of unbranched alkanes of at least 4 members (excludes halogenated alkanes) is 1. The molecule has 0 saturated carbocycles. The lowest BCUT2D eigenvalue weighted by Crippen LogP contribution is -2.06. The normalized spacial score (nSPS) is 11.9. The van der Waals surface area contributed by atoms with Crippen LogP contribution in [0.15, 0.2) is 0 Å². The Morgan fingerprint density at radius 3 is 2.21 bits per heavy atom. The van der Waals surface area contributed by atoms with Crippen LogP contribution in [-0.4, -0.2) is 48.2 Å². The average Bonchev–Trinajstić information content (AvgIpc) is 2.08. The quantitative estimate of drug-likeness (QED) is 0.421. The van der Waals surface area contributed by atoms with Crippen molar-refractivity contribution in [3.8, 4) is 0 Å². The summed E-state index contributed by atoms with van der Waals surface area (Å²) < 4.78 is 35.6. The Morgan fingerprint density at radius 2 is 1.64 bits per heavy atom. The second kappa shape index (κ2) is 8.16. The smallest absolute Gasteiger partial charge is 0.264 e. The SMILES string of the molecule is COCCOCCCCOS(C)(=O)=O. The highest BCUT2D eigenvalue weighted by Crippen LogP contribution is 1.94. The first-order valence-electron chi connectivity index (χ1n) is 4.47. The van der Waals surface area contributed by atoms with Crippen LogP contribution < -0.4 is 0 Å². The van der Waals surface area contributed by atoms with Crippen molar-refractivity contribution < 1.29 is 22.1 Å². The minimum absolute atomic E-state index is 0.229. The summed E-state index contributed by atoms with van der Waals surface area (Å²) in [6.45, 7) is 1.99. The van der Waals surface area contributed by atoms with Gasteiger partial charge in [0.15, 0.2) is 0 Å². The van der Waals surface area contributed by atoms with Crippen molar-refractivity contribution in [1.29, 1.82) is 0 Å². The molecule has 0 aliphatic rings. The second-order valence-corrected chi connectivity index (χ2v) is 4.48. The molecular weight excluding hydrogens is 208 g/mol. The van der Waals surface area contributed by atoms with Gasteiger partial charge < -0.3 is 9.47 Å². The van der Waals surface area contributed by atoms with Gasteiger partial charge in [-0.2, -0.15) is 8.42 Å². The van der Waals surface area contributed by atoms with E-state index in [0.717, 1.165) is 12.7 Å². The standard InChI is InChI=1S/C8H18O5S/c1-11-7-8-12-5-3-4-6-13-14(2,9)10/h3-8H2,1-2H3. The van der Waals surface area contributed by atoms with Crippen LogP contribution in [0.25, 0.3) is 0 Å². The summed E-state index contributed by atoms with van der Waals surface area (Å²) in [7, 11) is -1.67. The summed E-state index contributed by atoms with van der Waals surface area (Å²) in [5.74, 6) is 0. The maximum absolute atomic E-state index is 10.5. The minimum atomic E-state index is -3.29. The van der Waals surface area contributed by atoms with Gasteiger partial charge in [-0.1, -0.05) is 0 Å². The van der Waals surface area contributed by atoms with Gasteiger partial charge in [0.05, 0.1) is 26.1 Å². The number of rotatable bonds is 9. The van der Waals surface area contributed by atoms with E-state index < -0.39 is 10.1 Å². The van der Waals surface area contributed by atoms with Gasteiger partial charge in [0, 0.05) is 13.7 Å². The number of hydrogen-bond acceptors (Lipinski definition) is 5. The maximum Gasteiger partial charge on any atom is 0.264 e. The van der Waals surface area contributed by atoms with Gasteiger partial charge in [0.2, 0.25) is 0 Å². The molecule has 0 heterocycles. The van der Waals surface area contributed by atoms with Gasteiger partial charge >= 0.3 is 0 Å². The van der Waals surface area contributed by atoms with E-state index in [1.807, 2.05) is 0 Å². The van der Waals surface area contributed by atoms with Gasteiger partial charge in [-0.15, -0.1) is 0 Å². The molecule has 0 spiro atoms. The zero-order valence-corrected chi connectivity index (χ0v) is 9.51. The summed E-state index contributed by atoms with van der Waals surface area (Å²) >= 11 is 0. The molecule has 6 heteroatoms. The molecule has 0 fully saturated rings. The fourth-order valence-electron chi connectivity index (χ4n) is 0.761. The first kappa shape index (κ1) is 13.8. The number of hydrogen-bond donors (Lipinski definition) is 0. The molecule has 0 radical (unpaired) electrons. The summed E-state index contributed by atoms with van der Waals surface area (Å²) in [4.78, 5) is 0. The zero-order chi connectivity index (χ0) is 10.9. The van der Waals surface area contributed by atoms with Gasteiger partial charge in [0.1, 0.15) is 0 Å². The van der Waals surface area contributed by atoms with Crippen molar-refractivity contribution in [1.82, 2.24) is 0 Å². The highest BCUT2D eigenvalue weighted by molar-refractivity contribution is 7.85. The van der Waals surface area contributed by atoms with Crippen LogP contribution in [0.1, 0.15) is 12.8 Å². The first-order valence-corrected chi connectivity index (χ1v) is 6.29. The van der Waals surface area contributed by atoms with E-state index in [9.17, 15) is 8.42 Å². The van der Waals surface area contributed by atoms with Crippen molar-refractivity contribution in [3.05, 3.63) is 0 Å². The predicted octanol–water partition coefficient (Wildman–Crippen LogP) is 0.406. The third-order valence-corrected chi connectivity index (χ3v) is 2.01. The Morgan fingerprint density at radius 1 is 1.00 bits per heavy atom. The van der Waals surface area contributed by atoms with Crippen molar-refractivity contribution in [2.45, 2.75) is 12.8 Å². The van der Waals surface area contributed by atoms with Gasteiger partial charge in [0.25, 0.3) is 10.1 Å². The monoisotopic (exact) mass is 226 g/mol. The highest BCUT2D eigenvalue weighted by Gasteiger charge is 1.99. The predicted molar refractivity (Wildman–Crippen MR) is 52.7 cm³/mol. The molecule has 14 heavy (non-hydrogen) atoms. The Kier molecular flexibility index (Phi) is 8.07. The number of ether oxygens (including phenoxy) is 2. The molecule has 0 aromatic heterocycles. The van der Waals surface area contributed by atoms with E-state index in [-0.39, 0.29) is 6.61 Å². The van der Waals surface area contributed by atoms with Crippen LogP contribution >= 0.6 is 0 Å². The molecule has 0 rings (SSSR count). The van der Waals surface area contributed by atoms with Crippen LogP contribution in [-0.2, 0) is 23.8 Å². The van der Waals surface area contributed by atoms with E-state index >= 15 is 0 Å². The fraction of sp³-hybridized carbons (Fsp3) is 1.00. The molecule has 86 valence electrons. The summed E-state index contributed by atoms with van der Waals surface area (Å²) in [5, 5.41) is 0. The Bertz CT molecular complexity index is 212. The Labute approximate surface area is 85.5 Å². The molecule has 0 amide bonds. The Balaban J connectivity index is 3.07. The zero-order valence-electron chi connectivity index (χ0n) is 8.69. The lowest BCUT2D eigenvalue weighted by atomic mass is 10.3. The van der Waals surface area contributed by atoms with Gasteiger partial charge in [-0.05, 0) is 12.8 Å². The molecule has 0 N–H and O–H groups in total. The minimum Gasteiger partial charge on any atom is -0.382 e. The van der Waals surface area contributed by atoms with Crippen LogP contribution in [0.2, 0.25) is 0 Å². The summed E-state index contributed by atoms with van der Waals surface area (Å²) in [6.07, 6.45) is 2.52. The van der Waals surface area contributed by atoms with E-state index in [0.29, 0.717) is 26.2 Å². The molecular formula is C8H18O5S. The van der Waals surface area contributed by atoms with Crippen LogP contribution in [0.3, 0.4) is 0 Å².